The second kappa shape index (κ2) is 10.2. The van der Waals surface area contributed by atoms with Gasteiger partial charge in [-0.05, 0) is 69.6 Å². The van der Waals surface area contributed by atoms with Gasteiger partial charge in [0.2, 0.25) is 0 Å². The van der Waals surface area contributed by atoms with E-state index in [0.717, 1.165) is 18.7 Å². The number of carbonyl (C=O) groups is 1. The van der Waals surface area contributed by atoms with Crippen LogP contribution >= 0.6 is 0 Å². The number of carbonyl (C=O) groups excluding carboxylic acids is 1. The van der Waals surface area contributed by atoms with Gasteiger partial charge in [-0.25, -0.2) is 0 Å². The van der Waals surface area contributed by atoms with Gasteiger partial charge in [0.1, 0.15) is 11.5 Å². The van der Waals surface area contributed by atoms with Crippen molar-refractivity contribution < 1.29 is 14.3 Å². The molecule has 0 bridgehead atoms. The van der Waals surface area contributed by atoms with Gasteiger partial charge in [0.25, 0.3) is 5.91 Å². The van der Waals surface area contributed by atoms with Crippen LogP contribution in [0.1, 0.15) is 39.0 Å². The number of nitrogens with zero attached hydrogens (tertiary/aromatic N) is 1. The minimum absolute atomic E-state index is 0.0352. The quantitative estimate of drug-likeness (QED) is 0.706. The Balaban J connectivity index is 1.69. The van der Waals surface area contributed by atoms with Gasteiger partial charge in [-0.1, -0.05) is 13.3 Å². The van der Waals surface area contributed by atoms with Gasteiger partial charge in [-0.15, -0.1) is 0 Å². The average molecular weight is 334 g/mol. The highest BCUT2D eigenvalue weighted by molar-refractivity contribution is 5.81. The van der Waals surface area contributed by atoms with Crippen LogP contribution in [0, 0.1) is 0 Å². The van der Waals surface area contributed by atoms with Crippen molar-refractivity contribution in [2.45, 2.75) is 45.1 Å². The monoisotopic (exact) mass is 334 g/mol. The molecule has 1 heterocycles. The molecule has 1 saturated heterocycles. The molecular formula is C19H30N2O3. The summed E-state index contributed by atoms with van der Waals surface area (Å²) in [5.41, 5.74) is 0. The zero-order valence-corrected chi connectivity index (χ0v) is 14.9. The van der Waals surface area contributed by atoms with E-state index in [0.29, 0.717) is 18.7 Å². The van der Waals surface area contributed by atoms with Crippen molar-refractivity contribution in [1.29, 1.82) is 0 Å². The molecule has 0 unspecified atom stereocenters. The van der Waals surface area contributed by atoms with Gasteiger partial charge in [0.15, 0.2) is 6.10 Å². The van der Waals surface area contributed by atoms with Crippen molar-refractivity contribution in [1.82, 2.24) is 10.2 Å². The fourth-order valence-electron chi connectivity index (χ4n) is 2.95. The van der Waals surface area contributed by atoms with Gasteiger partial charge in [-0.3, -0.25) is 4.79 Å². The molecule has 2 rings (SSSR count). The third-order valence-electron chi connectivity index (χ3n) is 4.40. The molecule has 1 N–H and O–H groups in total. The Morgan fingerprint density at radius 1 is 1.17 bits per heavy atom. The molecule has 24 heavy (non-hydrogen) atoms. The Labute approximate surface area is 145 Å². The zero-order chi connectivity index (χ0) is 17.2. The lowest BCUT2D eigenvalue weighted by Gasteiger charge is -2.26. The Hall–Kier alpha value is -1.75. The Kier molecular flexibility index (Phi) is 7.89. The smallest absolute Gasteiger partial charge is 0.261 e. The van der Waals surface area contributed by atoms with Crippen molar-refractivity contribution in [3.05, 3.63) is 24.3 Å². The maximum atomic E-state index is 12.3. The highest BCUT2D eigenvalue weighted by Crippen LogP contribution is 2.19. The van der Waals surface area contributed by atoms with Crippen LogP contribution in [0.3, 0.4) is 0 Å². The lowest BCUT2D eigenvalue weighted by atomic mass is 10.1. The van der Waals surface area contributed by atoms with Crippen molar-refractivity contribution in [3.8, 4) is 11.5 Å². The van der Waals surface area contributed by atoms with Gasteiger partial charge >= 0.3 is 0 Å². The largest absolute Gasteiger partial charge is 0.497 e. The third kappa shape index (κ3) is 6.04. The molecule has 134 valence electrons. The van der Waals surface area contributed by atoms with Crippen LogP contribution in [0.2, 0.25) is 0 Å². The third-order valence-corrected chi connectivity index (χ3v) is 4.40. The molecule has 0 saturated carbocycles. The maximum Gasteiger partial charge on any atom is 0.261 e. The second-order valence-electron chi connectivity index (χ2n) is 6.24. The highest BCUT2D eigenvalue weighted by atomic mass is 16.5. The SMILES string of the molecule is CC[C@@H](Oc1ccc(OC)cc1)C(=O)NCCCN1CCCCC1. The predicted molar refractivity (Wildman–Crippen MR) is 95.6 cm³/mol. The molecule has 1 atom stereocenters. The van der Waals surface area contributed by atoms with Crippen molar-refractivity contribution in [2.75, 3.05) is 33.3 Å². The van der Waals surface area contributed by atoms with Crippen LogP contribution in [-0.2, 0) is 4.79 Å². The molecular weight excluding hydrogens is 304 g/mol. The summed E-state index contributed by atoms with van der Waals surface area (Å²) in [7, 11) is 1.63. The first-order valence-corrected chi connectivity index (χ1v) is 9.03. The predicted octanol–water partition coefficient (Wildman–Crippen LogP) is 2.84. The molecule has 0 radical (unpaired) electrons. The molecule has 1 aliphatic rings. The first-order chi connectivity index (χ1) is 11.7. The van der Waals surface area contributed by atoms with E-state index < -0.39 is 6.10 Å². The number of nitrogens with one attached hydrogen (secondary N) is 1. The van der Waals surface area contributed by atoms with E-state index in [2.05, 4.69) is 10.2 Å². The molecule has 1 aliphatic heterocycles. The number of hydrogen-bond donors (Lipinski definition) is 1. The summed E-state index contributed by atoms with van der Waals surface area (Å²) < 4.78 is 10.9. The zero-order valence-electron chi connectivity index (χ0n) is 14.9. The number of amides is 1. The van der Waals surface area contributed by atoms with Crippen molar-refractivity contribution in [3.63, 3.8) is 0 Å². The summed E-state index contributed by atoms with van der Waals surface area (Å²) in [5, 5.41) is 3.00. The van der Waals surface area contributed by atoms with E-state index >= 15 is 0 Å². The molecule has 5 heteroatoms. The fourth-order valence-corrected chi connectivity index (χ4v) is 2.95. The summed E-state index contributed by atoms with van der Waals surface area (Å²) in [6.07, 6.45) is 5.15. The highest BCUT2D eigenvalue weighted by Gasteiger charge is 2.18. The number of rotatable bonds is 9. The fraction of sp³-hybridized carbons (Fsp3) is 0.632. The van der Waals surface area contributed by atoms with Crippen molar-refractivity contribution >= 4 is 5.91 Å². The molecule has 1 aromatic rings. The van der Waals surface area contributed by atoms with Gasteiger partial charge in [0, 0.05) is 6.54 Å². The van der Waals surface area contributed by atoms with E-state index in [1.165, 1.54) is 32.4 Å². The average Bonchev–Trinajstić information content (AvgIpc) is 2.64. The standard InChI is InChI=1S/C19H30N2O3/c1-3-18(24-17-10-8-16(23-2)9-11-17)19(22)20-12-7-15-21-13-5-4-6-14-21/h8-11,18H,3-7,12-15H2,1-2H3,(H,20,22)/t18-/m1/s1. The summed E-state index contributed by atoms with van der Waals surface area (Å²) in [6.45, 7) is 6.13. The molecule has 0 aliphatic carbocycles. The Bertz CT molecular complexity index is 484. The summed E-state index contributed by atoms with van der Waals surface area (Å²) in [6, 6.07) is 7.31. The van der Waals surface area contributed by atoms with E-state index in [1.54, 1.807) is 7.11 Å². The number of benzene rings is 1. The summed E-state index contributed by atoms with van der Waals surface area (Å²) in [4.78, 5) is 14.8. The minimum Gasteiger partial charge on any atom is -0.497 e. The lowest BCUT2D eigenvalue weighted by molar-refractivity contribution is -0.128. The number of hydrogen-bond acceptors (Lipinski definition) is 4. The van der Waals surface area contributed by atoms with E-state index in [-0.39, 0.29) is 5.91 Å². The van der Waals surface area contributed by atoms with Crippen LogP contribution in [0.4, 0.5) is 0 Å². The second-order valence-corrected chi connectivity index (χ2v) is 6.24. The minimum atomic E-state index is -0.451. The van der Waals surface area contributed by atoms with Crippen molar-refractivity contribution in [2.24, 2.45) is 0 Å². The first kappa shape index (κ1) is 18.6. The Morgan fingerprint density at radius 3 is 2.46 bits per heavy atom. The Morgan fingerprint density at radius 2 is 1.83 bits per heavy atom. The maximum absolute atomic E-state index is 12.3. The summed E-state index contributed by atoms with van der Waals surface area (Å²) >= 11 is 0. The van der Waals surface area contributed by atoms with Gasteiger partial charge < -0.3 is 19.7 Å². The number of methoxy groups -OCH3 is 1. The number of ether oxygens (including phenoxy) is 2. The lowest BCUT2D eigenvalue weighted by Crippen LogP contribution is -2.39. The van der Waals surface area contributed by atoms with E-state index in [1.807, 2.05) is 31.2 Å². The van der Waals surface area contributed by atoms with Crippen LogP contribution < -0.4 is 14.8 Å². The molecule has 5 nitrogen and oxygen atoms in total. The topological polar surface area (TPSA) is 50.8 Å². The molecule has 0 spiro atoms. The van der Waals surface area contributed by atoms with Gasteiger partial charge in [-0.2, -0.15) is 0 Å². The van der Waals surface area contributed by atoms with E-state index in [9.17, 15) is 4.79 Å². The molecule has 1 fully saturated rings. The van der Waals surface area contributed by atoms with Crippen LogP contribution in [0.25, 0.3) is 0 Å². The number of likely N-dealkylation sites (tertiary alicyclic amines) is 1. The first-order valence-electron chi connectivity index (χ1n) is 9.03. The van der Waals surface area contributed by atoms with Gasteiger partial charge in [0.05, 0.1) is 7.11 Å². The molecule has 1 amide bonds. The van der Waals surface area contributed by atoms with Crippen LogP contribution in [0.15, 0.2) is 24.3 Å². The number of piperidine rings is 1. The molecule has 1 aromatic carbocycles. The summed E-state index contributed by atoms with van der Waals surface area (Å²) in [5.74, 6) is 1.43. The normalized spacial score (nSPS) is 16.4. The van der Waals surface area contributed by atoms with Crippen LogP contribution in [-0.4, -0.2) is 50.2 Å². The molecule has 0 aromatic heterocycles. The van der Waals surface area contributed by atoms with Crippen LogP contribution in [0.5, 0.6) is 11.5 Å². The van der Waals surface area contributed by atoms with E-state index in [4.69, 9.17) is 9.47 Å².